The standard InChI is InChI=1S/C22H18BrCl2NO5S/c1-12(2)31-20(27)10-26-21(28)19(32-22(26)29)8-13-3-6-18(16(23)7-13)30-11-14-4-5-15(24)9-17(14)25/h3-9,12H,10-11H2,1-2H3/b19-8+. The fraction of sp³-hybridized carbons (Fsp3) is 0.227. The van der Waals surface area contributed by atoms with Gasteiger partial charge in [0.05, 0.1) is 15.5 Å². The topological polar surface area (TPSA) is 72.9 Å². The molecule has 10 heteroatoms. The third-order valence-electron chi connectivity index (χ3n) is 4.18. The first-order chi connectivity index (χ1) is 15.1. The number of carbonyl (C=O) groups excluding carboxylic acids is 3. The van der Waals surface area contributed by atoms with E-state index in [0.717, 1.165) is 22.2 Å². The van der Waals surface area contributed by atoms with Crippen molar-refractivity contribution < 1.29 is 23.9 Å². The van der Waals surface area contributed by atoms with Gasteiger partial charge in [0.1, 0.15) is 18.9 Å². The highest BCUT2D eigenvalue weighted by atomic mass is 79.9. The molecule has 3 rings (SSSR count). The lowest BCUT2D eigenvalue weighted by atomic mass is 10.2. The molecule has 2 aromatic rings. The smallest absolute Gasteiger partial charge is 0.326 e. The molecule has 0 bridgehead atoms. The number of rotatable bonds is 7. The summed E-state index contributed by atoms with van der Waals surface area (Å²) in [5, 5.41) is 0.546. The molecule has 6 nitrogen and oxygen atoms in total. The molecule has 0 N–H and O–H groups in total. The summed E-state index contributed by atoms with van der Waals surface area (Å²) in [5.41, 5.74) is 1.47. The van der Waals surface area contributed by atoms with Crippen molar-refractivity contribution in [3.8, 4) is 5.75 Å². The third-order valence-corrected chi connectivity index (χ3v) is 6.29. The lowest BCUT2D eigenvalue weighted by Crippen LogP contribution is -2.35. The van der Waals surface area contributed by atoms with Gasteiger partial charge < -0.3 is 9.47 Å². The van der Waals surface area contributed by atoms with E-state index < -0.39 is 23.7 Å². The van der Waals surface area contributed by atoms with Gasteiger partial charge in [-0.1, -0.05) is 35.3 Å². The van der Waals surface area contributed by atoms with Crippen LogP contribution in [-0.4, -0.2) is 34.7 Å². The minimum atomic E-state index is -0.631. The van der Waals surface area contributed by atoms with E-state index in [9.17, 15) is 14.4 Å². The quantitative estimate of drug-likeness (QED) is 0.292. The lowest BCUT2D eigenvalue weighted by molar-refractivity contribution is -0.149. The second-order valence-electron chi connectivity index (χ2n) is 7.02. The average Bonchev–Trinajstić information content (AvgIpc) is 2.95. The molecule has 2 amide bonds. The number of amides is 2. The number of esters is 1. The number of thioether (sulfide) groups is 1. The van der Waals surface area contributed by atoms with Gasteiger partial charge in [-0.25, -0.2) is 0 Å². The summed E-state index contributed by atoms with van der Waals surface area (Å²) in [6, 6.07) is 10.4. The molecule has 0 aliphatic carbocycles. The van der Waals surface area contributed by atoms with Crippen LogP contribution in [0.1, 0.15) is 25.0 Å². The van der Waals surface area contributed by atoms with Crippen molar-refractivity contribution >= 4 is 74.1 Å². The van der Waals surface area contributed by atoms with Crippen molar-refractivity contribution in [1.82, 2.24) is 4.90 Å². The Morgan fingerprint density at radius 2 is 1.94 bits per heavy atom. The van der Waals surface area contributed by atoms with E-state index in [-0.39, 0.29) is 17.6 Å². The SMILES string of the molecule is CC(C)OC(=O)CN1C(=O)S/C(=C/c2ccc(OCc3ccc(Cl)cc3Cl)c(Br)c2)C1=O. The van der Waals surface area contributed by atoms with Crippen molar-refractivity contribution in [2.75, 3.05) is 6.54 Å². The molecule has 1 saturated heterocycles. The van der Waals surface area contributed by atoms with Crippen LogP contribution in [0.2, 0.25) is 10.0 Å². The molecular formula is C22H18BrCl2NO5S. The number of hydrogen-bond acceptors (Lipinski definition) is 6. The Morgan fingerprint density at radius 1 is 1.19 bits per heavy atom. The van der Waals surface area contributed by atoms with Crippen LogP contribution in [0.15, 0.2) is 45.8 Å². The van der Waals surface area contributed by atoms with Crippen LogP contribution >= 0.6 is 50.9 Å². The zero-order chi connectivity index (χ0) is 23.4. The largest absolute Gasteiger partial charge is 0.488 e. The predicted molar refractivity (Wildman–Crippen MR) is 129 cm³/mol. The van der Waals surface area contributed by atoms with Crippen LogP contribution in [0.5, 0.6) is 5.75 Å². The van der Waals surface area contributed by atoms with E-state index in [1.807, 2.05) is 0 Å². The van der Waals surface area contributed by atoms with Gasteiger partial charge >= 0.3 is 5.97 Å². The molecule has 0 unspecified atom stereocenters. The molecule has 0 aromatic heterocycles. The molecule has 1 aliphatic heterocycles. The van der Waals surface area contributed by atoms with Gasteiger partial charge in [0.25, 0.3) is 11.1 Å². The Bertz CT molecular complexity index is 1110. The fourth-order valence-corrected chi connectivity index (χ4v) is 4.55. The second-order valence-corrected chi connectivity index (χ2v) is 9.71. The normalized spacial score (nSPS) is 15.1. The molecule has 1 aliphatic rings. The fourth-order valence-electron chi connectivity index (χ4n) is 2.74. The van der Waals surface area contributed by atoms with Gasteiger partial charge in [0.15, 0.2) is 0 Å². The van der Waals surface area contributed by atoms with Crippen molar-refractivity contribution in [3.63, 3.8) is 0 Å². The molecular weight excluding hydrogens is 541 g/mol. The molecule has 168 valence electrons. The summed E-state index contributed by atoms with van der Waals surface area (Å²) < 4.78 is 11.5. The van der Waals surface area contributed by atoms with Crippen LogP contribution in [0.4, 0.5) is 4.79 Å². The third kappa shape index (κ3) is 6.28. The Morgan fingerprint density at radius 3 is 2.59 bits per heavy atom. The summed E-state index contributed by atoms with van der Waals surface area (Å²) in [7, 11) is 0. The first-order valence-corrected chi connectivity index (χ1v) is 11.8. The predicted octanol–water partition coefficient (Wildman–Crippen LogP) is 6.32. The summed E-state index contributed by atoms with van der Waals surface area (Å²) >= 11 is 16.3. The van der Waals surface area contributed by atoms with E-state index in [1.54, 1.807) is 56.3 Å². The number of halogens is 3. The second kappa shape index (κ2) is 10.7. The number of nitrogens with zero attached hydrogens (tertiary/aromatic N) is 1. The number of benzene rings is 2. The first kappa shape index (κ1) is 24.6. The maximum absolute atomic E-state index is 12.6. The Balaban J connectivity index is 1.68. The molecule has 0 saturated carbocycles. The number of carbonyl (C=O) groups is 3. The minimum Gasteiger partial charge on any atom is -0.488 e. The molecule has 0 atom stereocenters. The maximum Gasteiger partial charge on any atom is 0.326 e. The van der Waals surface area contributed by atoms with Gasteiger partial charge in [0.2, 0.25) is 0 Å². The van der Waals surface area contributed by atoms with Gasteiger partial charge in [-0.2, -0.15) is 0 Å². The molecule has 2 aromatic carbocycles. The van der Waals surface area contributed by atoms with Gasteiger partial charge in [-0.3, -0.25) is 19.3 Å². The number of ether oxygens (including phenoxy) is 2. The monoisotopic (exact) mass is 557 g/mol. The van der Waals surface area contributed by atoms with Crippen LogP contribution < -0.4 is 4.74 Å². The Kier molecular flexibility index (Phi) is 8.27. The van der Waals surface area contributed by atoms with Crippen molar-refractivity contribution in [3.05, 3.63) is 66.9 Å². The number of imide groups is 1. The molecule has 0 radical (unpaired) electrons. The van der Waals surface area contributed by atoms with E-state index in [1.165, 1.54) is 0 Å². The van der Waals surface area contributed by atoms with E-state index in [0.29, 0.717) is 25.8 Å². The van der Waals surface area contributed by atoms with Gasteiger partial charge in [-0.05, 0) is 77.4 Å². The van der Waals surface area contributed by atoms with Crippen LogP contribution in [0.3, 0.4) is 0 Å². The van der Waals surface area contributed by atoms with Crippen LogP contribution in [0.25, 0.3) is 6.08 Å². The Hall–Kier alpha value is -2.00. The van der Waals surface area contributed by atoms with E-state index in [4.69, 9.17) is 32.7 Å². The summed E-state index contributed by atoms with van der Waals surface area (Å²) in [6.45, 7) is 3.23. The first-order valence-electron chi connectivity index (χ1n) is 9.45. The van der Waals surface area contributed by atoms with E-state index >= 15 is 0 Å². The summed E-state index contributed by atoms with van der Waals surface area (Å²) in [5.74, 6) is -0.583. The zero-order valence-corrected chi connectivity index (χ0v) is 21.0. The highest BCUT2D eigenvalue weighted by Crippen LogP contribution is 2.34. The van der Waals surface area contributed by atoms with Gasteiger partial charge in [-0.15, -0.1) is 0 Å². The molecule has 32 heavy (non-hydrogen) atoms. The number of hydrogen-bond donors (Lipinski definition) is 0. The highest BCUT2D eigenvalue weighted by molar-refractivity contribution is 9.10. The maximum atomic E-state index is 12.6. The van der Waals surface area contributed by atoms with Crippen LogP contribution in [-0.2, 0) is 20.9 Å². The Labute approximate surface area is 208 Å². The molecule has 1 heterocycles. The molecule has 0 spiro atoms. The summed E-state index contributed by atoms with van der Waals surface area (Å²) in [6.07, 6.45) is 1.26. The van der Waals surface area contributed by atoms with Crippen LogP contribution in [0, 0.1) is 0 Å². The van der Waals surface area contributed by atoms with Crippen molar-refractivity contribution in [1.29, 1.82) is 0 Å². The van der Waals surface area contributed by atoms with E-state index in [2.05, 4.69) is 15.9 Å². The van der Waals surface area contributed by atoms with Crippen molar-refractivity contribution in [2.45, 2.75) is 26.6 Å². The van der Waals surface area contributed by atoms with Crippen molar-refractivity contribution in [2.24, 2.45) is 0 Å². The zero-order valence-electron chi connectivity index (χ0n) is 17.1. The average molecular weight is 559 g/mol. The highest BCUT2D eigenvalue weighted by Gasteiger charge is 2.36. The molecule has 1 fully saturated rings. The summed E-state index contributed by atoms with van der Waals surface area (Å²) in [4.78, 5) is 37.6. The minimum absolute atomic E-state index is 0.223. The van der Waals surface area contributed by atoms with Gasteiger partial charge in [0, 0.05) is 15.6 Å². The lowest BCUT2D eigenvalue weighted by Gasteiger charge is -2.13.